The van der Waals surface area contributed by atoms with Crippen molar-refractivity contribution in [1.29, 1.82) is 0 Å². The number of hydrogen-bond donors (Lipinski definition) is 0. The second kappa shape index (κ2) is 3.98. The van der Waals surface area contributed by atoms with Crippen LogP contribution in [-0.4, -0.2) is 22.8 Å². The number of carbonyl (C=O) groups excluding carboxylic acids is 2. The third-order valence-corrected chi connectivity index (χ3v) is 4.57. The minimum atomic E-state index is -0.347. The van der Waals surface area contributed by atoms with Gasteiger partial charge in [-0.15, -0.1) is 6.42 Å². The first kappa shape index (κ1) is 11.5. The molecule has 2 bridgehead atoms. The summed E-state index contributed by atoms with van der Waals surface area (Å²) < 4.78 is 0. The zero-order valence-electron chi connectivity index (χ0n) is 10.5. The number of carbonyl (C=O) groups is 2. The van der Waals surface area contributed by atoms with Gasteiger partial charge in [-0.05, 0) is 24.7 Å². The number of nitrogens with zero attached hydrogens (tertiary/aromatic N) is 1. The van der Waals surface area contributed by atoms with E-state index in [-0.39, 0.29) is 41.5 Å². The maximum Gasteiger partial charge on any atom is 0.234 e. The summed E-state index contributed by atoms with van der Waals surface area (Å²) in [7, 11) is 0. The predicted molar refractivity (Wildman–Crippen MR) is 67.1 cm³/mol. The number of fused-ring (bicyclic) bond motifs is 5. The average molecular weight is 243 g/mol. The van der Waals surface area contributed by atoms with Gasteiger partial charge in [0.25, 0.3) is 0 Å². The van der Waals surface area contributed by atoms with Gasteiger partial charge in [0, 0.05) is 0 Å². The zero-order chi connectivity index (χ0) is 12.9. The third kappa shape index (κ3) is 1.32. The van der Waals surface area contributed by atoms with Crippen LogP contribution >= 0.6 is 0 Å². The fraction of sp³-hybridized carbons (Fsp3) is 0.600. The summed E-state index contributed by atoms with van der Waals surface area (Å²) in [6.07, 6.45) is 12.2. The molecular formula is C15H17NO2. The van der Waals surface area contributed by atoms with Crippen molar-refractivity contribution in [2.75, 3.05) is 0 Å². The lowest BCUT2D eigenvalue weighted by Gasteiger charge is -2.23. The molecule has 0 aromatic carbocycles. The Morgan fingerprint density at radius 3 is 2.33 bits per heavy atom. The quantitative estimate of drug-likeness (QED) is 0.429. The van der Waals surface area contributed by atoms with Crippen molar-refractivity contribution in [2.24, 2.45) is 23.7 Å². The van der Waals surface area contributed by atoms with E-state index >= 15 is 0 Å². The van der Waals surface area contributed by atoms with Gasteiger partial charge in [-0.2, -0.15) is 0 Å². The summed E-state index contributed by atoms with van der Waals surface area (Å²) in [5, 5.41) is 0. The van der Waals surface area contributed by atoms with Gasteiger partial charge in [0.1, 0.15) is 6.04 Å². The Balaban J connectivity index is 1.90. The first-order valence-electron chi connectivity index (χ1n) is 6.70. The minimum absolute atomic E-state index is 0.0294. The van der Waals surface area contributed by atoms with Gasteiger partial charge in [-0.3, -0.25) is 14.5 Å². The van der Waals surface area contributed by atoms with Crippen molar-refractivity contribution in [3.63, 3.8) is 0 Å². The van der Waals surface area contributed by atoms with Crippen LogP contribution in [0.15, 0.2) is 12.2 Å². The second-order valence-corrected chi connectivity index (χ2v) is 5.52. The molecule has 3 heteroatoms. The van der Waals surface area contributed by atoms with Gasteiger partial charge in [0.05, 0.1) is 11.8 Å². The number of amides is 2. The molecule has 0 spiro atoms. The van der Waals surface area contributed by atoms with E-state index in [4.69, 9.17) is 6.42 Å². The molecule has 1 heterocycles. The molecule has 5 unspecified atom stereocenters. The average Bonchev–Trinajstić information content (AvgIpc) is 3.02. The number of hydrogen-bond acceptors (Lipinski definition) is 2. The van der Waals surface area contributed by atoms with Crippen LogP contribution in [0, 0.1) is 36.0 Å². The molecule has 3 aliphatic rings. The summed E-state index contributed by atoms with van der Waals surface area (Å²) in [6, 6.07) is -0.347. The standard InChI is InChI=1S/C15H17NO2/c1-3-5-11(4-2)16-14(17)12-9-6-7-10(8-9)13(12)15(16)18/h2,6-7,9-13H,3,5,8H2,1H3. The number of terminal acetylenes is 1. The third-order valence-electron chi connectivity index (χ3n) is 4.57. The normalized spacial score (nSPS) is 38.1. The van der Waals surface area contributed by atoms with E-state index in [0.29, 0.717) is 6.42 Å². The molecule has 18 heavy (non-hydrogen) atoms. The van der Waals surface area contributed by atoms with Crippen LogP contribution in [0.3, 0.4) is 0 Å². The van der Waals surface area contributed by atoms with Crippen molar-refractivity contribution in [3.05, 3.63) is 12.2 Å². The molecule has 0 aromatic heterocycles. The Labute approximate surface area is 107 Å². The summed E-state index contributed by atoms with van der Waals surface area (Å²) in [4.78, 5) is 26.3. The summed E-state index contributed by atoms with van der Waals surface area (Å²) in [5.74, 6) is 2.83. The van der Waals surface area contributed by atoms with Crippen LogP contribution < -0.4 is 0 Å². The lowest BCUT2D eigenvalue weighted by molar-refractivity contribution is -0.142. The monoisotopic (exact) mass is 243 g/mol. The highest BCUT2D eigenvalue weighted by Gasteiger charge is 2.60. The van der Waals surface area contributed by atoms with Crippen LogP contribution in [-0.2, 0) is 9.59 Å². The van der Waals surface area contributed by atoms with Gasteiger partial charge in [-0.1, -0.05) is 31.4 Å². The number of likely N-dealkylation sites (tertiary alicyclic amines) is 1. The fourth-order valence-electron chi connectivity index (χ4n) is 3.79. The first-order chi connectivity index (χ1) is 8.69. The lowest BCUT2D eigenvalue weighted by Crippen LogP contribution is -2.41. The molecule has 2 aliphatic carbocycles. The molecule has 2 fully saturated rings. The van der Waals surface area contributed by atoms with Crippen LogP contribution in [0.25, 0.3) is 0 Å². The highest BCUT2D eigenvalue weighted by Crippen LogP contribution is 2.52. The van der Waals surface area contributed by atoms with E-state index in [0.717, 1.165) is 12.8 Å². The van der Waals surface area contributed by atoms with E-state index in [2.05, 4.69) is 18.1 Å². The Bertz CT molecular complexity index is 443. The lowest BCUT2D eigenvalue weighted by atomic mass is 9.85. The Kier molecular flexibility index (Phi) is 2.55. The molecule has 1 saturated carbocycles. The van der Waals surface area contributed by atoms with Crippen molar-refractivity contribution < 1.29 is 9.59 Å². The highest BCUT2D eigenvalue weighted by molar-refractivity contribution is 6.07. The predicted octanol–water partition coefficient (Wildman–Crippen LogP) is 1.60. The van der Waals surface area contributed by atoms with E-state index in [9.17, 15) is 9.59 Å². The molecule has 0 radical (unpaired) electrons. The zero-order valence-corrected chi connectivity index (χ0v) is 10.5. The summed E-state index contributed by atoms with van der Waals surface area (Å²) in [6.45, 7) is 2.02. The van der Waals surface area contributed by atoms with Gasteiger partial charge >= 0.3 is 0 Å². The smallest absolute Gasteiger partial charge is 0.234 e. The molecule has 3 rings (SSSR count). The van der Waals surface area contributed by atoms with Crippen molar-refractivity contribution in [3.8, 4) is 12.3 Å². The van der Waals surface area contributed by atoms with E-state index < -0.39 is 0 Å². The largest absolute Gasteiger partial charge is 0.274 e. The molecule has 1 aliphatic heterocycles. The van der Waals surface area contributed by atoms with Crippen LogP contribution in [0.1, 0.15) is 26.2 Å². The SMILES string of the molecule is C#CC(CCC)N1C(=O)C2C3C=CC(C3)C2C1=O. The molecule has 5 atom stereocenters. The molecule has 0 N–H and O–H groups in total. The Hall–Kier alpha value is -1.56. The molecular weight excluding hydrogens is 226 g/mol. The Morgan fingerprint density at radius 1 is 1.33 bits per heavy atom. The first-order valence-corrected chi connectivity index (χ1v) is 6.70. The molecule has 3 nitrogen and oxygen atoms in total. The maximum atomic E-state index is 12.4. The van der Waals surface area contributed by atoms with Crippen molar-refractivity contribution in [1.82, 2.24) is 4.90 Å². The van der Waals surface area contributed by atoms with Gasteiger partial charge in [0.15, 0.2) is 0 Å². The maximum absolute atomic E-state index is 12.4. The van der Waals surface area contributed by atoms with Gasteiger partial charge < -0.3 is 0 Å². The number of imide groups is 1. The number of allylic oxidation sites excluding steroid dienone is 2. The highest BCUT2D eigenvalue weighted by atomic mass is 16.2. The van der Waals surface area contributed by atoms with E-state index in [1.54, 1.807) is 0 Å². The topological polar surface area (TPSA) is 37.4 Å². The molecule has 1 saturated heterocycles. The van der Waals surface area contributed by atoms with Gasteiger partial charge in [-0.25, -0.2) is 0 Å². The fourth-order valence-corrected chi connectivity index (χ4v) is 3.79. The van der Waals surface area contributed by atoms with Gasteiger partial charge in [0.2, 0.25) is 11.8 Å². The van der Waals surface area contributed by atoms with E-state index in [1.807, 2.05) is 6.92 Å². The second-order valence-electron chi connectivity index (χ2n) is 5.52. The van der Waals surface area contributed by atoms with Crippen molar-refractivity contribution >= 4 is 11.8 Å². The van der Waals surface area contributed by atoms with Crippen LogP contribution in [0.4, 0.5) is 0 Å². The Morgan fingerprint density at radius 2 is 1.89 bits per heavy atom. The van der Waals surface area contributed by atoms with Crippen LogP contribution in [0.2, 0.25) is 0 Å². The number of rotatable bonds is 3. The molecule has 94 valence electrons. The molecule has 0 aromatic rings. The molecule has 2 amide bonds. The van der Waals surface area contributed by atoms with E-state index in [1.165, 1.54) is 4.90 Å². The summed E-state index contributed by atoms with van der Waals surface area (Å²) in [5.41, 5.74) is 0. The summed E-state index contributed by atoms with van der Waals surface area (Å²) >= 11 is 0. The minimum Gasteiger partial charge on any atom is -0.274 e. The van der Waals surface area contributed by atoms with Crippen LogP contribution in [0.5, 0.6) is 0 Å². The van der Waals surface area contributed by atoms with Crippen molar-refractivity contribution in [2.45, 2.75) is 32.2 Å².